The van der Waals surface area contributed by atoms with Gasteiger partial charge in [-0.3, -0.25) is 9.59 Å². The van der Waals surface area contributed by atoms with Gasteiger partial charge < -0.3 is 35.4 Å². The van der Waals surface area contributed by atoms with Crippen LogP contribution in [0.4, 0.5) is 5.69 Å². The average molecular weight is 639 g/mol. The van der Waals surface area contributed by atoms with Gasteiger partial charge in [0.2, 0.25) is 11.8 Å². The second-order valence-electron chi connectivity index (χ2n) is 12.3. The lowest BCUT2D eigenvalue weighted by atomic mass is 9.88. The standard InChI is InChI=1S/C36H50N2O8/c1-23-14-13-17-27-20-28(39)21-30(34(27)42)38-32(40)22-29(45-4)18-11-6-5-7-12-19-31(24(2)33(23)41)46-36(44)25(3)37-35(43)26-15-9-8-10-16-26/h5-7,11-12,14,18,20-21,24-26,29,31,33,39,41-42H,8-10,13,15-17,19,22H2,1-4H3,(H,37,43)(H,38,40)/b6-5-,12-7-,18-11-,23-14-/t24-,25+,29-,31-,33-/m0/s1. The van der Waals surface area contributed by atoms with Crippen molar-refractivity contribution in [3.8, 4) is 11.5 Å². The van der Waals surface area contributed by atoms with Crippen LogP contribution in [0.3, 0.4) is 0 Å². The topological polar surface area (TPSA) is 154 Å². The van der Waals surface area contributed by atoms with Crippen molar-refractivity contribution in [2.24, 2.45) is 11.8 Å². The Bertz CT molecular complexity index is 1310. The first-order valence-electron chi connectivity index (χ1n) is 16.2. The largest absolute Gasteiger partial charge is 0.508 e. The minimum Gasteiger partial charge on any atom is -0.508 e. The molecule has 5 N–H and O–H groups in total. The number of methoxy groups -OCH3 is 1. The molecule has 1 aliphatic carbocycles. The Hall–Kier alpha value is -3.89. The number of rotatable bonds is 5. The van der Waals surface area contributed by atoms with Gasteiger partial charge in [0.05, 0.1) is 24.3 Å². The highest BCUT2D eigenvalue weighted by atomic mass is 16.5. The number of carbonyl (C=O) groups is 3. The summed E-state index contributed by atoms with van der Waals surface area (Å²) in [5.41, 5.74) is 1.19. The lowest BCUT2D eigenvalue weighted by molar-refractivity contribution is -0.156. The van der Waals surface area contributed by atoms with E-state index in [1.54, 1.807) is 44.2 Å². The number of phenols is 2. The molecule has 0 unspecified atom stereocenters. The number of hydrogen-bond acceptors (Lipinski definition) is 8. The SMILES string of the molecule is CO[C@H]1\C=C/C=C\C=C/C[C@H](OC(=O)[C@@H](C)NC(=O)C2CCCCC2)[C@H](C)[C@@H](O)/C(C)=C\CCc2cc(O)cc(c2O)NC(=O)C1. The Balaban J connectivity index is 1.82. The van der Waals surface area contributed by atoms with Crippen molar-refractivity contribution in [2.45, 2.75) is 103 Å². The zero-order chi connectivity index (χ0) is 33.6. The summed E-state index contributed by atoms with van der Waals surface area (Å²) in [6.45, 7) is 5.22. The number of aromatic hydroxyl groups is 2. The Kier molecular flexibility index (Phi) is 14.6. The van der Waals surface area contributed by atoms with E-state index < -0.39 is 42.1 Å². The number of aliphatic hydroxyl groups is 1. The maximum atomic E-state index is 13.1. The maximum Gasteiger partial charge on any atom is 0.328 e. The fourth-order valence-electron chi connectivity index (χ4n) is 5.76. The summed E-state index contributed by atoms with van der Waals surface area (Å²) < 4.78 is 11.3. The Labute approximate surface area is 272 Å². The summed E-state index contributed by atoms with van der Waals surface area (Å²) in [5.74, 6) is -1.90. The molecule has 2 aliphatic rings. The molecule has 0 aromatic heterocycles. The van der Waals surface area contributed by atoms with Crippen LogP contribution in [-0.2, 0) is 30.3 Å². The highest BCUT2D eigenvalue weighted by Gasteiger charge is 2.31. The number of anilines is 1. The summed E-state index contributed by atoms with van der Waals surface area (Å²) in [7, 11) is 1.49. The third-order valence-corrected chi connectivity index (χ3v) is 8.69. The number of fused-ring (bicyclic) bond motifs is 2. The monoisotopic (exact) mass is 638 g/mol. The van der Waals surface area contributed by atoms with E-state index in [2.05, 4.69) is 10.6 Å². The molecule has 1 saturated carbocycles. The van der Waals surface area contributed by atoms with Crippen LogP contribution in [0.25, 0.3) is 0 Å². The van der Waals surface area contributed by atoms with Gasteiger partial charge in [0.25, 0.3) is 0 Å². The fourth-order valence-corrected chi connectivity index (χ4v) is 5.76. The number of benzene rings is 1. The molecule has 252 valence electrons. The van der Waals surface area contributed by atoms with Crippen molar-refractivity contribution in [3.63, 3.8) is 0 Å². The molecule has 0 spiro atoms. The molecule has 1 aliphatic heterocycles. The van der Waals surface area contributed by atoms with Gasteiger partial charge >= 0.3 is 5.97 Å². The third kappa shape index (κ3) is 11.2. The molecule has 0 saturated heterocycles. The molecule has 2 bridgehead atoms. The second-order valence-corrected chi connectivity index (χ2v) is 12.3. The molecule has 1 aromatic carbocycles. The third-order valence-electron chi connectivity index (χ3n) is 8.69. The number of hydrogen-bond donors (Lipinski definition) is 5. The van der Waals surface area contributed by atoms with Crippen LogP contribution < -0.4 is 10.6 Å². The molecule has 1 heterocycles. The number of esters is 1. The van der Waals surface area contributed by atoms with Crippen molar-refractivity contribution in [1.29, 1.82) is 0 Å². The van der Waals surface area contributed by atoms with Gasteiger partial charge in [0, 0.05) is 31.4 Å². The van der Waals surface area contributed by atoms with Crippen LogP contribution in [0.15, 0.2) is 60.2 Å². The summed E-state index contributed by atoms with van der Waals surface area (Å²) in [6.07, 6.45) is 16.2. The van der Waals surface area contributed by atoms with E-state index in [0.29, 0.717) is 30.4 Å². The van der Waals surface area contributed by atoms with E-state index in [1.807, 2.05) is 19.1 Å². The molecule has 2 amide bonds. The predicted octanol–water partition coefficient (Wildman–Crippen LogP) is 5.39. The Morgan fingerprint density at radius 3 is 2.50 bits per heavy atom. The summed E-state index contributed by atoms with van der Waals surface area (Å²) in [4.78, 5) is 38.6. The van der Waals surface area contributed by atoms with Crippen molar-refractivity contribution < 1.29 is 39.2 Å². The van der Waals surface area contributed by atoms with Gasteiger partial charge in [0.1, 0.15) is 23.6 Å². The molecule has 0 radical (unpaired) electrons. The predicted molar refractivity (Wildman–Crippen MR) is 177 cm³/mol. The molecular formula is C36H50N2O8. The number of phenolic OH excluding ortho intramolecular Hbond substituents is 2. The molecule has 46 heavy (non-hydrogen) atoms. The van der Waals surface area contributed by atoms with Crippen LogP contribution >= 0.6 is 0 Å². The summed E-state index contributed by atoms with van der Waals surface area (Å²) >= 11 is 0. The van der Waals surface area contributed by atoms with Gasteiger partial charge in [-0.05, 0) is 56.7 Å². The zero-order valence-corrected chi connectivity index (χ0v) is 27.4. The Morgan fingerprint density at radius 1 is 1.07 bits per heavy atom. The molecule has 1 fully saturated rings. The number of aryl methyl sites for hydroxylation is 1. The molecule has 10 nitrogen and oxygen atoms in total. The van der Waals surface area contributed by atoms with Gasteiger partial charge in [0.15, 0.2) is 0 Å². The minimum absolute atomic E-state index is 0.00853. The number of carbonyl (C=O) groups excluding carboxylic acids is 3. The number of ether oxygens (including phenoxy) is 2. The highest BCUT2D eigenvalue weighted by Crippen LogP contribution is 2.34. The summed E-state index contributed by atoms with van der Waals surface area (Å²) in [5, 5.41) is 37.8. The quantitative estimate of drug-likeness (QED) is 0.125. The molecule has 1 aromatic rings. The minimum atomic E-state index is -0.940. The smallest absolute Gasteiger partial charge is 0.328 e. The van der Waals surface area contributed by atoms with Crippen molar-refractivity contribution in [3.05, 3.63) is 65.8 Å². The van der Waals surface area contributed by atoms with Gasteiger partial charge in [-0.15, -0.1) is 0 Å². The second kappa shape index (κ2) is 18.3. The first-order chi connectivity index (χ1) is 22.0. The van der Waals surface area contributed by atoms with E-state index in [9.17, 15) is 29.7 Å². The van der Waals surface area contributed by atoms with E-state index >= 15 is 0 Å². The van der Waals surface area contributed by atoms with Gasteiger partial charge in [-0.1, -0.05) is 68.7 Å². The first-order valence-corrected chi connectivity index (χ1v) is 16.2. The Morgan fingerprint density at radius 2 is 1.78 bits per heavy atom. The average Bonchev–Trinajstić information content (AvgIpc) is 3.04. The first kappa shape index (κ1) is 36.6. The van der Waals surface area contributed by atoms with E-state index in [-0.39, 0.29) is 35.4 Å². The van der Waals surface area contributed by atoms with Crippen LogP contribution in [0.2, 0.25) is 0 Å². The number of allylic oxidation sites excluding steroid dienone is 5. The van der Waals surface area contributed by atoms with Crippen molar-refractivity contribution in [1.82, 2.24) is 5.32 Å². The maximum absolute atomic E-state index is 13.1. The van der Waals surface area contributed by atoms with Gasteiger partial charge in [-0.2, -0.15) is 0 Å². The lowest BCUT2D eigenvalue weighted by Crippen LogP contribution is -2.45. The van der Waals surface area contributed by atoms with Crippen LogP contribution in [-0.4, -0.2) is 64.6 Å². The van der Waals surface area contributed by atoms with E-state index in [0.717, 1.165) is 32.1 Å². The van der Waals surface area contributed by atoms with Crippen LogP contribution in [0, 0.1) is 11.8 Å². The fraction of sp³-hybridized carbons (Fsp3) is 0.528. The lowest BCUT2D eigenvalue weighted by Gasteiger charge is -2.29. The summed E-state index contributed by atoms with van der Waals surface area (Å²) in [6, 6.07) is 1.89. The molecular weight excluding hydrogens is 588 g/mol. The van der Waals surface area contributed by atoms with Crippen molar-refractivity contribution >= 4 is 23.5 Å². The molecule has 3 rings (SSSR count). The zero-order valence-electron chi connectivity index (χ0n) is 27.4. The normalized spacial score (nSPS) is 27.8. The number of aliphatic hydroxyl groups excluding tert-OH is 1. The van der Waals surface area contributed by atoms with Crippen molar-refractivity contribution in [2.75, 3.05) is 12.4 Å². The van der Waals surface area contributed by atoms with E-state index in [1.165, 1.54) is 19.2 Å². The highest BCUT2D eigenvalue weighted by molar-refractivity contribution is 5.93. The van der Waals surface area contributed by atoms with Gasteiger partial charge in [-0.25, -0.2) is 4.79 Å². The molecule has 10 heteroatoms. The number of nitrogens with one attached hydrogen (secondary N) is 2. The molecule has 5 atom stereocenters. The number of amides is 2. The van der Waals surface area contributed by atoms with E-state index in [4.69, 9.17) is 9.47 Å². The van der Waals surface area contributed by atoms with Crippen LogP contribution in [0.1, 0.15) is 77.7 Å². The van der Waals surface area contributed by atoms with Crippen LogP contribution in [0.5, 0.6) is 11.5 Å².